The van der Waals surface area contributed by atoms with Gasteiger partial charge in [0.15, 0.2) is 5.11 Å². The van der Waals surface area contributed by atoms with E-state index in [1.165, 1.54) is 31.4 Å². The monoisotopic (exact) mass is 466 g/mol. The molecular weight excluding hydrogens is 444 g/mol. The Hall–Kier alpha value is -2.18. The lowest BCUT2D eigenvalue weighted by Gasteiger charge is -2.30. The lowest BCUT2D eigenvalue weighted by molar-refractivity contribution is 0.461. The third kappa shape index (κ3) is 3.49. The maximum Gasteiger partial charge on any atom is 0.174 e. The van der Waals surface area contributed by atoms with Gasteiger partial charge in [-0.2, -0.15) is 0 Å². The molecule has 1 saturated carbocycles. The van der Waals surface area contributed by atoms with E-state index >= 15 is 0 Å². The van der Waals surface area contributed by atoms with Crippen LogP contribution in [0.25, 0.3) is 0 Å². The SMILES string of the molecule is S=C1N[C@@H](c2ccccn2)[C@H](c2cccn2C2CCCC2)N1c1ccc(Br)cc1. The lowest BCUT2D eigenvalue weighted by atomic mass is 10.0. The molecule has 1 aromatic carbocycles. The first-order valence-corrected chi connectivity index (χ1v) is 11.4. The average Bonchev–Trinajstić information content (AvgIpc) is 3.48. The maximum absolute atomic E-state index is 5.83. The van der Waals surface area contributed by atoms with Gasteiger partial charge in [-0.25, -0.2) is 0 Å². The molecule has 0 amide bonds. The molecule has 5 rings (SSSR count). The second-order valence-electron chi connectivity index (χ2n) is 7.75. The fourth-order valence-electron chi connectivity index (χ4n) is 4.71. The highest BCUT2D eigenvalue weighted by Gasteiger charge is 2.42. The van der Waals surface area contributed by atoms with Crippen molar-refractivity contribution < 1.29 is 0 Å². The highest BCUT2D eigenvalue weighted by Crippen LogP contribution is 2.43. The largest absolute Gasteiger partial charge is 0.351 e. The summed E-state index contributed by atoms with van der Waals surface area (Å²) in [6.07, 6.45) is 9.21. The third-order valence-corrected chi connectivity index (χ3v) is 6.88. The van der Waals surface area contributed by atoms with Crippen molar-refractivity contribution >= 4 is 38.9 Å². The molecule has 3 aromatic rings. The van der Waals surface area contributed by atoms with Gasteiger partial charge in [-0.05, 0) is 73.6 Å². The van der Waals surface area contributed by atoms with Gasteiger partial charge in [-0.1, -0.05) is 34.8 Å². The number of benzene rings is 1. The Kier molecular flexibility index (Phi) is 5.14. The second kappa shape index (κ2) is 7.92. The van der Waals surface area contributed by atoms with E-state index < -0.39 is 0 Å². The minimum atomic E-state index is 0.00222. The van der Waals surface area contributed by atoms with Gasteiger partial charge < -0.3 is 14.8 Å². The molecule has 4 nitrogen and oxygen atoms in total. The molecule has 0 bridgehead atoms. The van der Waals surface area contributed by atoms with Gasteiger partial charge in [0.2, 0.25) is 0 Å². The zero-order valence-electron chi connectivity index (χ0n) is 16.0. The van der Waals surface area contributed by atoms with Crippen molar-refractivity contribution in [2.75, 3.05) is 4.90 Å². The Balaban J connectivity index is 1.62. The number of halogens is 1. The first kappa shape index (κ1) is 18.8. The van der Waals surface area contributed by atoms with Crippen LogP contribution in [0.5, 0.6) is 0 Å². The minimum absolute atomic E-state index is 0.00222. The van der Waals surface area contributed by atoms with Crippen molar-refractivity contribution in [1.82, 2.24) is 14.9 Å². The molecule has 2 aromatic heterocycles. The molecule has 2 atom stereocenters. The standard InChI is InChI=1S/C23H23BrN4S/c24-16-10-12-18(13-11-16)28-22(20-9-5-15-27(20)17-6-1-2-7-17)21(26-23(28)29)19-8-3-4-14-25-19/h3-5,8-15,17,21-22H,1-2,6-7H2,(H,26,29)/t21-,22-/m0/s1. The van der Waals surface area contributed by atoms with Crippen molar-refractivity contribution in [2.24, 2.45) is 0 Å². The van der Waals surface area contributed by atoms with Gasteiger partial charge in [0, 0.05) is 34.3 Å². The quantitative estimate of drug-likeness (QED) is 0.482. The van der Waals surface area contributed by atoms with Crippen LogP contribution in [-0.2, 0) is 0 Å². The van der Waals surface area contributed by atoms with Crippen molar-refractivity contribution in [2.45, 2.75) is 43.8 Å². The molecule has 0 radical (unpaired) electrons. The molecular formula is C23H23BrN4S. The Morgan fingerprint density at radius 2 is 1.79 bits per heavy atom. The summed E-state index contributed by atoms with van der Waals surface area (Å²) in [5.74, 6) is 0. The van der Waals surface area contributed by atoms with Gasteiger partial charge in [0.25, 0.3) is 0 Å². The molecule has 2 fully saturated rings. The molecule has 1 aliphatic carbocycles. The normalized spacial score (nSPS) is 22.2. The smallest absolute Gasteiger partial charge is 0.174 e. The van der Waals surface area contributed by atoms with E-state index in [0.29, 0.717) is 6.04 Å². The van der Waals surface area contributed by atoms with Crippen LogP contribution < -0.4 is 10.2 Å². The number of nitrogens with one attached hydrogen (secondary N) is 1. The van der Waals surface area contributed by atoms with Crippen LogP contribution in [0.15, 0.2) is 71.5 Å². The number of aromatic nitrogens is 2. The number of hydrogen-bond donors (Lipinski definition) is 1. The molecule has 3 heterocycles. The van der Waals surface area contributed by atoms with E-state index in [0.717, 1.165) is 21.0 Å². The highest BCUT2D eigenvalue weighted by molar-refractivity contribution is 9.10. The fraction of sp³-hybridized carbons (Fsp3) is 0.304. The van der Waals surface area contributed by atoms with Gasteiger partial charge in [-0.15, -0.1) is 0 Å². The number of nitrogens with zero attached hydrogens (tertiary/aromatic N) is 3. The summed E-state index contributed by atoms with van der Waals surface area (Å²) in [7, 11) is 0. The summed E-state index contributed by atoms with van der Waals surface area (Å²) in [5.41, 5.74) is 3.40. The fourth-order valence-corrected chi connectivity index (χ4v) is 5.32. The van der Waals surface area contributed by atoms with E-state index in [1.54, 1.807) is 0 Å². The van der Waals surface area contributed by atoms with Gasteiger partial charge in [0.05, 0.1) is 11.7 Å². The first-order chi connectivity index (χ1) is 14.2. The number of hydrogen-bond acceptors (Lipinski definition) is 2. The molecule has 6 heteroatoms. The molecule has 1 saturated heterocycles. The van der Waals surface area contributed by atoms with Crippen LogP contribution in [0, 0.1) is 0 Å². The molecule has 148 valence electrons. The third-order valence-electron chi connectivity index (χ3n) is 6.04. The Morgan fingerprint density at radius 1 is 1.00 bits per heavy atom. The van der Waals surface area contributed by atoms with Crippen molar-refractivity contribution in [3.63, 3.8) is 0 Å². The summed E-state index contributed by atoms with van der Waals surface area (Å²) in [6.45, 7) is 0. The molecule has 0 spiro atoms. The number of rotatable bonds is 4. The number of anilines is 1. The van der Waals surface area contributed by atoms with E-state index in [2.05, 4.69) is 84.4 Å². The predicted molar refractivity (Wildman–Crippen MR) is 124 cm³/mol. The van der Waals surface area contributed by atoms with Crippen LogP contribution in [0.3, 0.4) is 0 Å². The first-order valence-electron chi connectivity index (χ1n) is 10.2. The molecule has 2 aliphatic rings. The molecule has 1 N–H and O–H groups in total. The Morgan fingerprint density at radius 3 is 2.52 bits per heavy atom. The summed E-state index contributed by atoms with van der Waals surface area (Å²) >= 11 is 9.37. The molecule has 1 aliphatic heterocycles. The summed E-state index contributed by atoms with van der Waals surface area (Å²) in [4.78, 5) is 6.91. The van der Waals surface area contributed by atoms with Crippen molar-refractivity contribution in [3.05, 3.63) is 82.9 Å². The van der Waals surface area contributed by atoms with Crippen LogP contribution in [0.1, 0.15) is 55.2 Å². The predicted octanol–water partition coefficient (Wildman–Crippen LogP) is 5.94. The zero-order chi connectivity index (χ0) is 19.8. The summed E-state index contributed by atoms with van der Waals surface area (Å²) < 4.78 is 3.54. The topological polar surface area (TPSA) is 33.1 Å². The van der Waals surface area contributed by atoms with Crippen molar-refractivity contribution in [3.8, 4) is 0 Å². The summed E-state index contributed by atoms with van der Waals surface area (Å²) in [5, 5.41) is 4.30. The van der Waals surface area contributed by atoms with Gasteiger partial charge >= 0.3 is 0 Å². The van der Waals surface area contributed by atoms with Crippen LogP contribution in [0.4, 0.5) is 5.69 Å². The van der Waals surface area contributed by atoms with E-state index in [4.69, 9.17) is 12.2 Å². The zero-order valence-corrected chi connectivity index (χ0v) is 18.4. The average molecular weight is 467 g/mol. The Bertz CT molecular complexity index is 995. The van der Waals surface area contributed by atoms with Crippen LogP contribution in [0.2, 0.25) is 0 Å². The van der Waals surface area contributed by atoms with E-state index in [9.17, 15) is 0 Å². The van der Waals surface area contributed by atoms with Crippen molar-refractivity contribution in [1.29, 1.82) is 0 Å². The second-order valence-corrected chi connectivity index (χ2v) is 9.05. The Labute approximate surface area is 185 Å². The van der Waals surface area contributed by atoms with Crippen LogP contribution >= 0.6 is 28.1 Å². The number of thiocarbonyl (C=S) groups is 1. The maximum atomic E-state index is 5.83. The summed E-state index contributed by atoms with van der Waals surface area (Å²) in [6, 6.07) is 19.5. The van der Waals surface area contributed by atoms with Gasteiger partial charge in [0.1, 0.15) is 6.04 Å². The van der Waals surface area contributed by atoms with E-state index in [-0.39, 0.29) is 12.1 Å². The number of pyridine rings is 1. The minimum Gasteiger partial charge on any atom is -0.351 e. The van der Waals surface area contributed by atoms with Gasteiger partial charge in [-0.3, -0.25) is 4.98 Å². The lowest BCUT2D eigenvalue weighted by Crippen LogP contribution is -2.30. The van der Waals surface area contributed by atoms with E-state index in [1.807, 2.05) is 18.3 Å². The van der Waals surface area contributed by atoms with Crippen LogP contribution in [-0.4, -0.2) is 14.7 Å². The molecule has 29 heavy (non-hydrogen) atoms. The molecule has 0 unspecified atom stereocenters. The highest BCUT2D eigenvalue weighted by atomic mass is 79.9.